The smallest absolute Gasteiger partial charge is 0.163 e. The first-order valence-electron chi connectivity index (χ1n) is 11.2. The normalized spacial score (nSPS) is 14.8. The predicted molar refractivity (Wildman–Crippen MR) is 132 cm³/mol. The second kappa shape index (κ2) is 8.88. The minimum absolute atomic E-state index is 0.433. The molecule has 4 N–H and O–H groups in total. The molecule has 0 spiro atoms. The van der Waals surface area contributed by atoms with Crippen molar-refractivity contribution in [2.75, 3.05) is 58.0 Å². The summed E-state index contributed by atoms with van der Waals surface area (Å²) in [5, 5.41) is 3.72. The highest BCUT2D eigenvalue weighted by molar-refractivity contribution is 6.21. The number of aryl methyl sites for hydroxylation is 1. The number of nitrogens with two attached hydrogens (primary N) is 2. The van der Waals surface area contributed by atoms with Crippen LogP contribution in [0, 0.1) is 6.92 Å². The Labute approximate surface area is 192 Å². The van der Waals surface area contributed by atoms with E-state index in [2.05, 4.69) is 14.9 Å². The van der Waals surface area contributed by atoms with E-state index in [1.54, 1.807) is 13.3 Å². The van der Waals surface area contributed by atoms with Gasteiger partial charge >= 0.3 is 0 Å². The number of pyridine rings is 2. The van der Waals surface area contributed by atoms with Gasteiger partial charge in [-0.2, -0.15) is 0 Å². The molecule has 0 bridgehead atoms. The molecule has 8 heteroatoms. The highest BCUT2D eigenvalue weighted by Crippen LogP contribution is 2.39. The molecule has 3 heterocycles. The van der Waals surface area contributed by atoms with Crippen molar-refractivity contribution in [2.24, 2.45) is 0 Å². The number of nitrogens with zero attached hydrogens (tertiary/aromatic N) is 3. The molecule has 0 atom stereocenters. The molecule has 33 heavy (non-hydrogen) atoms. The Morgan fingerprint density at radius 3 is 2.67 bits per heavy atom. The fourth-order valence-corrected chi connectivity index (χ4v) is 4.49. The van der Waals surface area contributed by atoms with E-state index in [-0.39, 0.29) is 0 Å². The van der Waals surface area contributed by atoms with Gasteiger partial charge in [-0.3, -0.25) is 9.88 Å². The number of hydrogen-bond acceptors (Lipinski definition) is 8. The van der Waals surface area contributed by atoms with E-state index in [0.717, 1.165) is 77.4 Å². The lowest BCUT2D eigenvalue weighted by Gasteiger charge is -2.26. The average Bonchev–Trinajstić information content (AvgIpc) is 2.84. The molecular weight excluding hydrogens is 418 g/mol. The second-order valence-electron chi connectivity index (χ2n) is 8.40. The molecule has 1 saturated heterocycles. The van der Waals surface area contributed by atoms with E-state index < -0.39 is 0 Å². The first-order valence-corrected chi connectivity index (χ1v) is 11.2. The third-order valence-electron chi connectivity index (χ3n) is 6.38. The van der Waals surface area contributed by atoms with E-state index in [0.29, 0.717) is 29.6 Å². The molecule has 1 fully saturated rings. The maximum atomic E-state index is 6.32. The number of fused-ring (bicyclic) bond motifs is 5. The number of rotatable bonds is 6. The maximum Gasteiger partial charge on any atom is 0.163 e. The lowest BCUT2D eigenvalue weighted by molar-refractivity contribution is 0.0357. The summed E-state index contributed by atoms with van der Waals surface area (Å²) in [5.74, 6) is 1.78. The van der Waals surface area contributed by atoms with Crippen LogP contribution in [0.15, 0.2) is 30.5 Å². The maximum absolute atomic E-state index is 6.32. The van der Waals surface area contributed by atoms with Crippen LogP contribution < -0.4 is 20.9 Å². The number of benzene rings is 2. The molecule has 0 amide bonds. The Morgan fingerprint density at radius 2 is 1.88 bits per heavy atom. The zero-order chi connectivity index (χ0) is 22.9. The summed E-state index contributed by atoms with van der Waals surface area (Å²) in [6.07, 6.45) is 2.71. The Bertz CT molecular complexity index is 1330. The van der Waals surface area contributed by atoms with Crippen LogP contribution in [-0.4, -0.2) is 61.4 Å². The Kier molecular flexibility index (Phi) is 5.78. The van der Waals surface area contributed by atoms with Crippen molar-refractivity contribution >= 4 is 44.1 Å². The number of nitrogen functional groups attached to an aromatic ring is 2. The van der Waals surface area contributed by atoms with E-state index >= 15 is 0 Å². The number of ether oxygens (including phenoxy) is 3. The molecule has 0 unspecified atom stereocenters. The summed E-state index contributed by atoms with van der Waals surface area (Å²) in [5.41, 5.74) is 15.7. The van der Waals surface area contributed by atoms with E-state index in [9.17, 15) is 0 Å². The topological polar surface area (TPSA) is 109 Å². The van der Waals surface area contributed by atoms with E-state index in [1.807, 2.05) is 31.2 Å². The van der Waals surface area contributed by atoms with Crippen LogP contribution in [-0.2, 0) is 4.74 Å². The number of aromatic nitrogens is 2. The van der Waals surface area contributed by atoms with Crippen LogP contribution in [0.4, 0.5) is 11.5 Å². The van der Waals surface area contributed by atoms with Crippen LogP contribution in [0.3, 0.4) is 0 Å². The summed E-state index contributed by atoms with van der Waals surface area (Å²) in [7, 11) is 1.65. The van der Waals surface area contributed by atoms with Crippen molar-refractivity contribution in [2.45, 2.75) is 13.3 Å². The zero-order valence-electron chi connectivity index (χ0n) is 19.1. The standard InChI is InChI=1S/C25H29N5O3/c1-15-19(26)5-4-16-23-17-12-21(31-2)22(33-9-3-6-30-7-10-32-11-8-30)13-20(17)28-14-18(23)25(27)29-24(15)16/h4-5,12-14H,3,6-11,26H2,1-2H3,(H2,27,29). The third kappa shape index (κ3) is 3.96. The lowest BCUT2D eigenvalue weighted by atomic mass is 9.99. The number of morpholine rings is 1. The van der Waals surface area contributed by atoms with E-state index in [1.165, 1.54) is 0 Å². The lowest BCUT2D eigenvalue weighted by Crippen LogP contribution is -2.37. The first-order chi connectivity index (χ1) is 16.1. The fourth-order valence-electron chi connectivity index (χ4n) is 4.49. The second-order valence-corrected chi connectivity index (χ2v) is 8.40. The highest BCUT2D eigenvalue weighted by atomic mass is 16.5. The van der Waals surface area contributed by atoms with Gasteiger partial charge in [0.15, 0.2) is 11.5 Å². The first kappa shape index (κ1) is 21.5. The van der Waals surface area contributed by atoms with Gasteiger partial charge < -0.3 is 25.7 Å². The van der Waals surface area contributed by atoms with Gasteiger partial charge in [0.05, 0.1) is 38.0 Å². The summed E-state index contributed by atoms with van der Waals surface area (Å²) >= 11 is 0. The Morgan fingerprint density at radius 1 is 1.06 bits per heavy atom. The zero-order valence-corrected chi connectivity index (χ0v) is 19.1. The Balaban J connectivity index is 1.52. The predicted octanol–water partition coefficient (Wildman–Crippen LogP) is 3.52. The van der Waals surface area contributed by atoms with Gasteiger partial charge in [-0.25, -0.2) is 4.98 Å². The van der Waals surface area contributed by atoms with Gasteiger partial charge in [-0.15, -0.1) is 0 Å². The van der Waals surface area contributed by atoms with Crippen LogP contribution in [0.25, 0.3) is 32.6 Å². The van der Waals surface area contributed by atoms with Gasteiger partial charge in [0.25, 0.3) is 0 Å². The molecule has 2 aromatic carbocycles. The van der Waals surface area contributed by atoms with Crippen LogP contribution in [0.2, 0.25) is 0 Å². The number of methoxy groups -OCH3 is 1. The van der Waals surface area contributed by atoms with Crippen LogP contribution in [0.5, 0.6) is 11.5 Å². The summed E-state index contributed by atoms with van der Waals surface area (Å²) in [6.45, 7) is 7.12. The van der Waals surface area contributed by atoms with Crippen LogP contribution >= 0.6 is 0 Å². The van der Waals surface area contributed by atoms with Gasteiger partial charge in [0.2, 0.25) is 0 Å². The quantitative estimate of drug-likeness (QED) is 0.263. The molecule has 0 saturated carbocycles. The molecule has 2 aromatic heterocycles. The van der Waals surface area contributed by atoms with Crippen molar-refractivity contribution in [1.82, 2.24) is 14.9 Å². The molecule has 5 rings (SSSR count). The molecule has 172 valence electrons. The van der Waals surface area contributed by atoms with Gasteiger partial charge in [0.1, 0.15) is 5.82 Å². The van der Waals surface area contributed by atoms with Crippen molar-refractivity contribution < 1.29 is 14.2 Å². The minimum Gasteiger partial charge on any atom is -0.493 e. The van der Waals surface area contributed by atoms with E-state index in [4.69, 9.17) is 25.7 Å². The summed E-state index contributed by atoms with van der Waals surface area (Å²) in [4.78, 5) is 11.7. The summed E-state index contributed by atoms with van der Waals surface area (Å²) in [6, 6.07) is 7.82. The van der Waals surface area contributed by atoms with Crippen molar-refractivity contribution in [3.63, 3.8) is 0 Å². The highest BCUT2D eigenvalue weighted by Gasteiger charge is 2.16. The molecule has 1 aliphatic heterocycles. The number of hydrogen-bond donors (Lipinski definition) is 2. The Hall–Kier alpha value is -3.36. The fraction of sp³-hybridized carbons (Fsp3) is 0.360. The van der Waals surface area contributed by atoms with Crippen molar-refractivity contribution in [3.05, 3.63) is 36.0 Å². The number of anilines is 2. The summed E-state index contributed by atoms with van der Waals surface area (Å²) < 4.78 is 17.2. The monoisotopic (exact) mass is 447 g/mol. The largest absolute Gasteiger partial charge is 0.493 e. The van der Waals surface area contributed by atoms with Gasteiger partial charge in [0, 0.05) is 59.1 Å². The van der Waals surface area contributed by atoms with Gasteiger partial charge in [-0.05, 0) is 31.0 Å². The van der Waals surface area contributed by atoms with Gasteiger partial charge in [-0.1, -0.05) is 6.07 Å². The molecule has 0 aliphatic carbocycles. The van der Waals surface area contributed by atoms with Crippen LogP contribution in [0.1, 0.15) is 12.0 Å². The molecule has 4 aromatic rings. The molecular formula is C25H29N5O3. The average molecular weight is 448 g/mol. The minimum atomic E-state index is 0.433. The molecule has 8 nitrogen and oxygen atoms in total. The SMILES string of the molecule is COc1cc2c(cc1OCCCN1CCOCC1)ncc1c(N)nc3c(C)c(N)ccc3c12. The molecule has 1 aliphatic rings. The van der Waals surface area contributed by atoms with Crippen molar-refractivity contribution in [3.8, 4) is 11.5 Å². The van der Waals surface area contributed by atoms with Crippen molar-refractivity contribution in [1.29, 1.82) is 0 Å². The third-order valence-corrected chi connectivity index (χ3v) is 6.38. The molecule has 0 radical (unpaired) electrons.